The fourth-order valence-electron chi connectivity index (χ4n) is 1.53. The van der Waals surface area contributed by atoms with Crippen LogP contribution in [0.3, 0.4) is 0 Å². The monoisotopic (exact) mass is 332 g/mol. The molecular formula is C11H13FN4O3S2. The molecule has 0 saturated heterocycles. The van der Waals surface area contributed by atoms with Gasteiger partial charge in [-0.3, -0.25) is 5.10 Å². The van der Waals surface area contributed by atoms with Crippen LogP contribution in [0.1, 0.15) is 0 Å². The van der Waals surface area contributed by atoms with Crippen molar-refractivity contribution in [1.29, 1.82) is 0 Å². The van der Waals surface area contributed by atoms with Gasteiger partial charge in [-0.15, -0.1) is 0 Å². The highest BCUT2D eigenvalue weighted by Crippen LogP contribution is 2.24. The van der Waals surface area contributed by atoms with Gasteiger partial charge in [-0.1, -0.05) is 11.8 Å². The van der Waals surface area contributed by atoms with Crippen molar-refractivity contribution in [2.75, 3.05) is 19.4 Å². The highest BCUT2D eigenvalue weighted by atomic mass is 32.2. The Balaban J connectivity index is 1.99. The van der Waals surface area contributed by atoms with Crippen LogP contribution in [0.2, 0.25) is 0 Å². The summed E-state index contributed by atoms with van der Waals surface area (Å²) < 4.78 is 44.8. The molecule has 1 aromatic carbocycles. The Morgan fingerprint density at radius 2 is 2.29 bits per heavy atom. The van der Waals surface area contributed by atoms with E-state index in [-0.39, 0.29) is 17.2 Å². The quantitative estimate of drug-likeness (QED) is 0.580. The number of nitrogens with zero attached hydrogens (tertiary/aromatic N) is 2. The van der Waals surface area contributed by atoms with Crippen LogP contribution in [-0.4, -0.2) is 43.0 Å². The third-order valence-corrected chi connectivity index (χ3v) is 4.80. The van der Waals surface area contributed by atoms with Gasteiger partial charge in [0.15, 0.2) is 5.16 Å². The van der Waals surface area contributed by atoms with Gasteiger partial charge in [-0.05, 0) is 18.2 Å². The molecule has 0 aliphatic carbocycles. The predicted molar refractivity (Wildman–Crippen MR) is 75.2 cm³/mol. The lowest BCUT2D eigenvalue weighted by molar-refractivity contribution is 0.400. The summed E-state index contributed by atoms with van der Waals surface area (Å²) in [6.07, 6.45) is 1.37. The maximum Gasteiger partial charge on any atom is 0.244 e. The second-order valence-corrected chi connectivity index (χ2v) is 6.65. The van der Waals surface area contributed by atoms with Crippen molar-refractivity contribution < 1.29 is 17.5 Å². The highest BCUT2D eigenvalue weighted by Gasteiger charge is 2.19. The molecule has 10 heteroatoms. The van der Waals surface area contributed by atoms with E-state index in [0.29, 0.717) is 10.9 Å². The molecule has 0 amide bonds. The van der Waals surface area contributed by atoms with E-state index < -0.39 is 15.8 Å². The summed E-state index contributed by atoms with van der Waals surface area (Å²) in [5.74, 6) is -0.106. The van der Waals surface area contributed by atoms with Gasteiger partial charge in [0.1, 0.15) is 22.8 Å². The van der Waals surface area contributed by atoms with Gasteiger partial charge in [-0.2, -0.15) is 5.10 Å². The first-order chi connectivity index (χ1) is 10.0. The second-order valence-electron chi connectivity index (χ2n) is 3.83. The summed E-state index contributed by atoms with van der Waals surface area (Å²) in [5.41, 5.74) is 0. The van der Waals surface area contributed by atoms with Crippen molar-refractivity contribution >= 4 is 21.8 Å². The van der Waals surface area contributed by atoms with E-state index in [1.165, 1.54) is 31.3 Å². The first kappa shape index (κ1) is 15.7. The van der Waals surface area contributed by atoms with Crippen LogP contribution in [0.5, 0.6) is 5.75 Å². The minimum atomic E-state index is -3.84. The van der Waals surface area contributed by atoms with Crippen molar-refractivity contribution in [1.82, 2.24) is 19.9 Å². The smallest absolute Gasteiger partial charge is 0.244 e. The second kappa shape index (κ2) is 6.87. The average Bonchev–Trinajstić information content (AvgIpc) is 2.97. The number of aromatic amines is 1. The van der Waals surface area contributed by atoms with Gasteiger partial charge < -0.3 is 4.74 Å². The van der Waals surface area contributed by atoms with Crippen molar-refractivity contribution in [3.8, 4) is 5.75 Å². The lowest BCUT2D eigenvalue weighted by Gasteiger charge is -2.10. The van der Waals surface area contributed by atoms with Crippen LogP contribution in [0.4, 0.5) is 4.39 Å². The number of aromatic nitrogens is 3. The number of hydrogen-bond acceptors (Lipinski definition) is 6. The largest absolute Gasteiger partial charge is 0.495 e. The Kier molecular flexibility index (Phi) is 5.15. The lowest BCUT2D eigenvalue weighted by Crippen LogP contribution is -2.26. The standard InChI is InChI=1S/C11H13FN4O3S2/c1-19-9-3-2-8(12)6-10(9)21(17,18)15-4-5-20-11-13-7-14-16-11/h2-3,6-7,15H,4-5H2,1H3,(H,13,14,16). The van der Waals surface area contributed by atoms with Gasteiger partial charge >= 0.3 is 0 Å². The Morgan fingerprint density at radius 3 is 2.95 bits per heavy atom. The summed E-state index contributed by atoms with van der Waals surface area (Å²) in [4.78, 5) is 3.67. The Labute approximate surface area is 125 Å². The molecule has 1 heterocycles. The van der Waals surface area contributed by atoms with E-state index in [0.717, 1.165) is 12.1 Å². The van der Waals surface area contributed by atoms with Crippen LogP contribution in [0, 0.1) is 5.82 Å². The predicted octanol–water partition coefficient (Wildman–Crippen LogP) is 1.02. The van der Waals surface area contributed by atoms with Crippen molar-refractivity contribution in [3.05, 3.63) is 30.3 Å². The molecule has 0 aliphatic rings. The molecule has 0 fully saturated rings. The summed E-state index contributed by atoms with van der Waals surface area (Å²) in [6.45, 7) is 0.160. The molecule has 7 nitrogen and oxygen atoms in total. The molecule has 1 aromatic heterocycles. The fraction of sp³-hybridized carbons (Fsp3) is 0.273. The van der Waals surface area contributed by atoms with E-state index >= 15 is 0 Å². The maximum atomic E-state index is 13.2. The Hall–Kier alpha value is -1.65. The van der Waals surface area contributed by atoms with Crippen LogP contribution in [0.25, 0.3) is 0 Å². The third-order valence-electron chi connectivity index (χ3n) is 2.44. The minimum Gasteiger partial charge on any atom is -0.495 e. The molecule has 0 unspecified atom stereocenters. The topological polar surface area (TPSA) is 97.0 Å². The number of halogens is 1. The Bertz CT molecular complexity index is 691. The van der Waals surface area contributed by atoms with Crippen LogP contribution < -0.4 is 9.46 Å². The van der Waals surface area contributed by atoms with E-state index in [1.54, 1.807) is 0 Å². The number of ether oxygens (including phenoxy) is 1. The summed E-state index contributed by atoms with van der Waals surface area (Å²) in [6, 6.07) is 3.33. The van der Waals surface area contributed by atoms with Gasteiger partial charge in [0.2, 0.25) is 10.0 Å². The summed E-state index contributed by atoms with van der Waals surface area (Å²) in [5, 5.41) is 6.92. The number of sulfonamides is 1. The van der Waals surface area contributed by atoms with Gasteiger partial charge in [-0.25, -0.2) is 22.5 Å². The van der Waals surface area contributed by atoms with E-state index in [9.17, 15) is 12.8 Å². The summed E-state index contributed by atoms with van der Waals surface area (Å²) >= 11 is 1.31. The van der Waals surface area contributed by atoms with E-state index in [2.05, 4.69) is 19.9 Å². The number of rotatable bonds is 7. The Morgan fingerprint density at radius 1 is 1.48 bits per heavy atom. The first-order valence-electron chi connectivity index (χ1n) is 5.84. The summed E-state index contributed by atoms with van der Waals surface area (Å²) in [7, 11) is -2.52. The molecule has 21 heavy (non-hydrogen) atoms. The lowest BCUT2D eigenvalue weighted by atomic mass is 10.3. The van der Waals surface area contributed by atoms with E-state index in [1.807, 2.05) is 0 Å². The molecule has 0 atom stereocenters. The molecule has 0 bridgehead atoms. The maximum absolute atomic E-state index is 13.2. The SMILES string of the molecule is COc1ccc(F)cc1S(=O)(=O)NCCSc1ncn[nH]1. The average molecular weight is 332 g/mol. The number of benzene rings is 1. The van der Waals surface area contributed by atoms with Crippen LogP contribution in [0.15, 0.2) is 34.6 Å². The molecule has 0 spiro atoms. The van der Waals surface area contributed by atoms with Crippen LogP contribution in [-0.2, 0) is 10.0 Å². The zero-order chi connectivity index (χ0) is 15.3. The van der Waals surface area contributed by atoms with Crippen molar-refractivity contribution in [2.45, 2.75) is 10.1 Å². The van der Waals surface area contributed by atoms with Crippen LogP contribution >= 0.6 is 11.8 Å². The molecule has 2 aromatic rings. The third kappa shape index (κ3) is 4.16. The molecule has 0 saturated carbocycles. The van der Waals surface area contributed by atoms with Gasteiger partial charge in [0.25, 0.3) is 0 Å². The van der Waals surface area contributed by atoms with Crippen molar-refractivity contribution in [3.63, 3.8) is 0 Å². The molecule has 2 rings (SSSR count). The number of methoxy groups -OCH3 is 1. The number of H-pyrrole nitrogens is 1. The van der Waals surface area contributed by atoms with Gasteiger partial charge in [0.05, 0.1) is 7.11 Å². The minimum absolute atomic E-state index is 0.0896. The molecule has 2 N–H and O–H groups in total. The van der Waals surface area contributed by atoms with Crippen molar-refractivity contribution in [2.24, 2.45) is 0 Å². The normalized spacial score (nSPS) is 11.5. The number of hydrogen-bond donors (Lipinski definition) is 2. The molecule has 0 aliphatic heterocycles. The molecular weight excluding hydrogens is 319 g/mol. The zero-order valence-corrected chi connectivity index (χ0v) is 12.7. The molecule has 114 valence electrons. The fourth-order valence-corrected chi connectivity index (χ4v) is 3.50. The first-order valence-corrected chi connectivity index (χ1v) is 8.31. The van der Waals surface area contributed by atoms with E-state index in [4.69, 9.17) is 4.74 Å². The number of thioether (sulfide) groups is 1. The highest BCUT2D eigenvalue weighted by molar-refractivity contribution is 7.99. The molecule has 0 radical (unpaired) electrons. The van der Waals surface area contributed by atoms with Gasteiger partial charge in [0, 0.05) is 12.3 Å². The number of nitrogens with one attached hydrogen (secondary N) is 2. The zero-order valence-electron chi connectivity index (χ0n) is 11.0.